The lowest BCUT2D eigenvalue weighted by Gasteiger charge is -2.11. The molecule has 0 amide bonds. The van der Waals surface area contributed by atoms with Gasteiger partial charge in [-0.1, -0.05) is 0 Å². The van der Waals surface area contributed by atoms with Gasteiger partial charge in [-0.3, -0.25) is 4.72 Å². The molecule has 1 N–H and O–H groups in total. The second-order valence-corrected chi connectivity index (χ2v) is 9.15. The normalized spacial score (nSPS) is 12.5. The topological polar surface area (TPSA) is 46.2 Å². The predicted molar refractivity (Wildman–Crippen MR) is 81.9 cm³/mol. The van der Waals surface area contributed by atoms with Crippen LogP contribution in [0.2, 0.25) is 0 Å². The Bertz CT molecular complexity index is 798. The third kappa shape index (κ3) is 4.00. The number of hydrogen-bond donors (Lipinski definition) is 1. The fraction of sp³-hybridized carbons (Fsp3) is 0.0909. The van der Waals surface area contributed by atoms with Gasteiger partial charge < -0.3 is 0 Å². The molecule has 1 aromatic heterocycles. The van der Waals surface area contributed by atoms with Gasteiger partial charge in [0, 0.05) is 4.47 Å². The van der Waals surface area contributed by atoms with E-state index in [0.717, 1.165) is 11.3 Å². The maximum absolute atomic E-state index is 13.3. The Hall–Kier alpha value is -0.650. The van der Waals surface area contributed by atoms with Crippen molar-refractivity contribution in [3.63, 3.8) is 0 Å². The van der Waals surface area contributed by atoms with E-state index in [-0.39, 0.29) is 10.3 Å². The standard InChI is InChI=1S/C11H5Br2F4NO2S2/c12-8-4-9(21-10(8)13)22(19,20)18-7-2-5(11(15,16)17)1-6(14)3-7/h1-4,18H. The van der Waals surface area contributed by atoms with Crippen LogP contribution in [-0.4, -0.2) is 8.42 Å². The summed E-state index contributed by atoms with van der Waals surface area (Å²) in [6.45, 7) is 0. The zero-order valence-electron chi connectivity index (χ0n) is 10.2. The third-order valence-electron chi connectivity index (χ3n) is 2.36. The summed E-state index contributed by atoms with van der Waals surface area (Å²) in [4.78, 5) is 0. The Morgan fingerprint density at radius 2 is 1.73 bits per heavy atom. The molecule has 0 aliphatic carbocycles. The number of anilines is 1. The van der Waals surface area contributed by atoms with Crippen molar-refractivity contribution in [2.45, 2.75) is 10.4 Å². The fourth-order valence-corrected chi connectivity index (χ4v) is 5.34. The van der Waals surface area contributed by atoms with E-state index >= 15 is 0 Å². The van der Waals surface area contributed by atoms with Crippen molar-refractivity contribution in [3.05, 3.63) is 43.9 Å². The van der Waals surface area contributed by atoms with Crippen LogP contribution in [0.5, 0.6) is 0 Å². The number of nitrogens with one attached hydrogen (secondary N) is 1. The molecule has 0 radical (unpaired) electrons. The second kappa shape index (κ2) is 6.10. The van der Waals surface area contributed by atoms with Gasteiger partial charge in [-0.15, -0.1) is 11.3 Å². The van der Waals surface area contributed by atoms with Crippen LogP contribution >= 0.6 is 43.2 Å². The van der Waals surface area contributed by atoms with Crippen LogP contribution in [0.1, 0.15) is 5.56 Å². The summed E-state index contributed by atoms with van der Waals surface area (Å²) in [7, 11) is -4.12. The lowest BCUT2D eigenvalue weighted by atomic mass is 10.2. The number of hydrogen-bond acceptors (Lipinski definition) is 3. The smallest absolute Gasteiger partial charge is 0.279 e. The minimum atomic E-state index is -4.78. The average Bonchev–Trinajstić information content (AvgIpc) is 2.68. The summed E-state index contributed by atoms with van der Waals surface area (Å²) in [5.74, 6) is -1.19. The van der Waals surface area contributed by atoms with Crippen molar-refractivity contribution in [1.82, 2.24) is 0 Å². The fourth-order valence-electron chi connectivity index (χ4n) is 1.48. The number of sulfonamides is 1. The van der Waals surface area contributed by atoms with Gasteiger partial charge in [0.25, 0.3) is 10.0 Å². The molecule has 0 atom stereocenters. The number of rotatable bonds is 3. The van der Waals surface area contributed by atoms with E-state index in [0.29, 0.717) is 20.4 Å². The Labute approximate surface area is 143 Å². The molecule has 0 spiro atoms. The SMILES string of the molecule is O=S(=O)(Nc1cc(F)cc(C(F)(F)F)c1)c1cc(Br)c(Br)s1. The first-order valence-electron chi connectivity index (χ1n) is 5.34. The van der Waals surface area contributed by atoms with Crippen LogP contribution in [0.15, 0.2) is 36.7 Å². The van der Waals surface area contributed by atoms with Gasteiger partial charge >= 0.3 is 6.18 Å². The number of thiophene rings is 1. The van der Waals surface area contributed by atoms with Crippen LogP contribution in [0.25, 0.3) is 0 Å². The highest BCUT2D eigenvalue weighted by atomic mass is 79.9. The van der Waals surface area contributed by atoms with Gasteiger partial charge in [0.15, 0.2) is 0 Å². The van der Waals surface area contributed by atoms with E-state index in [9.17, 15) is 26.0 Å². The molecule has 0 bridgehead atoms. The second-order valence-electron chi connectivity index (χ2n) is 4.02. The van der Waals surface area contributed by atoms with Gasteiger partial charge in [0.05, 0.1) is 15.0 Å². The average molecular weight is 483 g/mol. The molecule has 1 heterocycles. The van der Waals surface area contributed by atoms with E-state index in [1.54, 1.807) is 0 Å². The monoisotopic (exact) mass is 481 g/mol. The molecule has 11 heteroatoms. The summed E-state index contributed by atoms with van der Waals surface area (Å²) < 4.78 is 78.0. The molecule has 0 unspecified atom stereocenters. The van der Waals surface area contributed by atoms with E-state index in [1.165, 1.54) is 6.07 Å². The molecule has 0 saturated heterocycles. The molecule has 0 aliphatic rings. The molecule has 2 aromatic rings. The lowest BCUT2D eigenvalue weighted by Crippen LogP contribution is -2.13. The molecule has 1 aromatic carbocycles. The zero-order chi connectivity index (χ0) is 16.7. The molecule has 0 aliphatic heterocycles. The Morgan fingerprint density at radius 1 is 1.09 bits per heavy atom. The van der Waals surface area contributed by atoms with Crippen molar-refractivity contribution < 1.29 is 26.0 Å². The minimum Gasteiger partial charge on any atom is -0.279 e. The quantitative estimate of drug-likeness (QED) is 0.608. The van der Waals surface area contributed by atoms with E-state index in [1.807, 2.05) is 4.72 Å². The number of halogens is 6. The summed E-state index contributed by atoms with van der Waals surface area (Å²) >= 11 is 7.08. The maximum Gasteiger partial charge on any atom is 0.416 e. The molecule has 0 fully saturated rings. The molecule has 2 rings (SSSR count). The van der Waals surface area contributed by atoms with Crippen LogP contribution in [0.4, 0.5) is 23.2 Å². The van der Waals surface area contributed by atoms with Crippen LogP contribution < -0.4 is 4.72 Å². The maximum atomic E-state index is 13.3. The number of benzene rings is 1. The van der Waals surface area contributed by atoms with Crippen molar-refractivity contribution in [3.8, 4) is 0 Å². The highest BCUT2D eigenvalue weighted by molar-refractivity contribution is 9.13. The molecular weight excluding hydrogens is 478 g/mol. The zero-order valence-corrected chi connectivity index (χ0v) is 15.0. The van der Waals surface area contributed by atoms with Crippen molar-refractivity contribution >= 4 is 58.9 Å². The van der Waals surface area contributed by atoms with Gasteiger partial charge in [0.2, 0.25) is 0 Å². The predicted octanol–water partition coefficient (Wildman–Crippen LogP) is 5.23. The van der Waals surface area contributed by atoms with Crippen molar-refractivity contribution in [1.29, 1.82) is 0 Å². The summed E-state index contributed by atoms with van der Waals surface area (Å²) in [6, 6.07) is 2.76. The van der Waals surface area contributed by atoms with Crippen molar-refractivity contribution in [2.75, 3.05) is 4.72 Å². The van der Waals surface area contributed by atoms with E-state index < -0.39 is 33.3 Å². The summed E-state index contributed by atoms with van der Waals surface area (Å²) in [5, 5.41) is 0. The molecule has 22 heavy (non-hydrogen) atoms. The first-order chi connectivity index (χ1) is 9.99. The van der Waals surface area contributed by atoms with E-state index in [2.05, 4.69) is 31.9 Å². The third-order valence-corrected chi connectivity index (χ3v) is 7.48. The summed E-state index contributed by atoms with van der Waals surface area (Å²) in [5.41, 5.74) is -1.79. The molecule has 3 nitrogen and oxygen atoms in total. The largest absolute Gasteiger partial charge is 0.416 e. The Kier molecular flexibility index (Phi) is 4.91. The Balaban J connectivity index is 2.40. The highest BCUT2D eigenvalue weighted by Gasteiger charge is 2.32. The molecule has 0 saturated carbocycles. The lowest BCUT2D eigenvalue weighted by molar-refractivity contribution is -0.137. The van der Waals surface area contributed by atoms with Gasteiger partial charge in [0.1, 0.15) is 10.0 Å². The highest BCUT2D eigenvalue weighted by Crippen LogP contribution is 2.36. The first kappa shape index (κ1) is 17.7. The Morgan fingerprint density at radius 3 is 2.23 bits per heavy atom. The number of alkyl halides is 3. The van der Waals surface area contributed by atoms with Gasteiger partial charge in [-0.2, -0.15) is 13.2 Å². The molecular formula is C11H5Br2F4NO2S2. The first-order valence-corrected chi connectivity index (χ1v) is 9.23. The van der Waals surface area contributed by atoms with Gasteiger partial charge in [-0.25, -0.2) is 12.8 Å². The van der Waals surface area contributed by atoms with E-state index in [4.69, 9.17) is 0 Å². The van der Waals surface area contributed by atoms with Crippen molar-refractivity contribution in [2.24, 2.45) is 0 Å². The minimum absolute atomic E-state index is 0.135. The molecule has 120 valence electrons. The van der Waals surface area contributed by atoms with Crippen LogP contribution in [-0.2, 0) is 16.2 Å². The van der Waals surface area contributed by atoms with Crippen LogP contribution in [0.3, 0.4) is 0 Å². The van der Waals surface area contributed by atoms with Gasteiger partial charge in [-0.05, 0) is 56.1 Å². The van der Waals surface area contributed by atoms with Crippen LogP contribution in [0, 0.1) is 5.82 Å². The summed E-state index contributed by atoms with van der Waals surface area (Å²) in [6.07, 6.45) is -4.78.